The van der Waals surface area contributed by atoms with E-state index in [1.165, 1.54) is 17.7 Å². The van der Waals surface area contributed by atoms with Crippen molar-refractivity contribution in [1.29, 1.82) is 0 Å². The quantitative estimate of drug-likeness (QED) is 0.269. The maximum atomic E-state index is 13.7. The van der Waals surface area contributed by atoms with Crippen LogP contribution >= 0.6 is 0 Å². The van der Waals surface area contributed by atoms with E-state index in [0.717, 1.165) is 42.3 Å². The summed E-state index contributed by atoms with van der Waals surface area (Å²) in [5.74, 6) is -0.253. The molecule has 43 heavy (non-hydrogen) atoms. The number of ketones is 1. The van der Waals surface area contributed by atoms with Crippen LogP contribution in [0.15, 0.2) is 48.5 Å². The summed E-state index contributed by atoms with van der Waals surface area (Å²) >= 11 is 0. The Labute approximate surface area is 249 Å². The van der Waals surface area contributed by atoms with Crippen LogP contribution in [-0.2, 0) is 28.7 Å². The fourth-order valence-electron chi connectivity index (χ4n) is 5.99. The lowest BCUT2D eigenvalue weighted by atomic mass is 9.81. The minimum absolute atomic E-state index is 0.0134. The first-order valence-corrected chi connectivity index (χ1v) is 14.5. The average Bonchev–Trinajstić information content (AvgIpc) is 3.36. The first kappa shape index (κ1) is 28.7. The molecule has 2 atom stereocenters. The zero-order valence-electron chi connectivity index (χ0n) is 24.5. The molecule has 0 saturated carbocycles. The van der Waals surface area contributed by atoms with Gasteiger partial charge in [0.2, 0.25) is 5.91 Å². The zero-order valence-corrected chi connectivity index (χ0v) is 24.5. The van der Waals surface area contributed by atoms with E-state index < -0.39 is 22.7 Å². The monoisotopic (exact) mass is 583 g/mol. The number of nitrogens with zero attached hydrogens (tertiary/aromatic N) is 2. The molecule has 6 rings (SSSR count). The van der Waals surface area contributed by atoms with Gasteiger partial charge in [0.1, 0.15) is 46.1 Å². The fraction of sp³-hybridized carbons (Fsp3) is 0.353. The third kappa shape index (κ3) is 5.12. The van der Waals surface area contributed by atoms with Crippen molar-refractivity contribution < 1.29 is 28.6 Å². The lowest BCUT2D eigenvalue weighted by Gasteiger charge is -2.26. The van der Waals surface area contributed by atoms with Crippen LogP contribution in [-0.4, -0.2) is 40.5 Å². The normalized spacial score (nSPS) is 18.8. The van der Waals surface area contributed by atoms with Crippen molar-refractivity contribution >= 4 is 22.6 Å². The standard InChI is InChI=1S/C34H34FN3O5/c1-33(32(36)40)18-43-31-24(33)17-28(38-30(31)19-8-10-23(35)11-9-19)34(2,41)13-12-26(39)21-15-22-14-20-6-4-5-7-25(20)37-29(22)27(16-21)42-3/h8-11,14-17,41H,4-7,12-13,18H2,1-3H3,(H2,36,40)/t33-,34-/m0/s1. The number of primary amides is 1. The van der Waals surface area contributed by atoms with Gasteiger partial charge in [0.15, 0.2) is 5.78 Å². The Morgan fingerprint density at radius 2 is 1.86 bits per heavy atom. The lowest BCUT2D eigenvalue weighted by Crippen LogP contribution is -2.40. The Balaban J connectivity index is 1.32. The zero-order chi connectivity index (χ0) is 30.5. The van der Waals surface area contributed by atoms with Gasteiger partial charge in [-0.25, -0.2) is 14.4 Å². The second-order valence-electron chi connectivity index (χ2n) is 12.0. The predicted octanol–water partition coefficient (Wildman–Crippen LogP) is 5.33. The van der Waals surface area contributed by atoms with E-state index in [0.29, 0.717) is 33.9 Å². The lowest BCUT2D eigenvalue weighted by molar-refractivity contribution is -0.123. The molecule has 1 aliphatic heterocycles. The number of nitrogens with two attached hydrogens (primary N) is 1. The maximum Gasteiger partial charge on any atom is 0.231 e. The first-order valence-electron chi connectivity index (χ1n) is 14.5. The predicted molar refractivity (Wildman–Crippen MR) is 160 cm³/mol. The second kappa shape index (κ2) is 10.7. The number of fused-ring (bicyclic) bond motifs is 3. The molecule has 8 nitrogen and oxygen atoms in total. The van der Waals surface area contributed by atoms with Crippen molar-refractivity contribution in [2.75, 3.05) is 13.7 Å². The van der Waals surface area contributed by atoms with Gasteiger partial charge in [-0.1, -0.05) is 0 Å². The van der Waals surface area contributed by atoms with Crippen molar-refractivity contribution in [2.45, 2.75) is 63.4 Å². The molecule has 2 aromatic carbocycles. The summed E-state index contributed by atoms with van der Waals surface area (Å²) in [5.41, 5.74) is 8.23. The smallest absolute Gasteiger partial charge is 0.231 e. The van der Waals surface area contributed by atoms with Crippen LogP contribution in [0.5, 0.6) is 11.5 Å². The van der Waals surface area contributed by atoms with E-state index >= 15 is 0 Å². The molecule has 2 aromatic heterocycles. The van der Waals surface area contributed by atoms with Gasteiger partial charge < -0.3 is 20.3 Å². The number of ether oxygens (including phenoxy) is 2. The minimum Gasteiger partial charge on any atom is -0.494 e. The molecule has 3 N–H and O–H groups in total. The number of aromatic nitrogens is 2. The van der Waals surface area contributed by atoms with Gasteiger partial charge >= 0.3 is 0 Å². The Hall–Kier alpha value is -4.37. The molecule has 9 heteroatoms. The Bertz CT molecular complexity index is 1770. The van der Waals surface area contributed by atoms with Crippen molar-refractivity contribution in [3.63, 3.8) is 0 Å². The number of Topliss-reactive ketones (excluding diaryl/α,β-unsaturated/α-hetero) is 1. The first-order chi connectivity index (χ1) is 20.5. The average molecular weight is 584 g/mol. The Morgan fingerprint density at radius 3 is 2.58 bits per heavy atom. The molecular weight excluding hydrogens is 549 g/mol. The van der Waals surface area contributed by atoms with E-state index in [9.17, 15) is 19.1 Å². The summed E-state index contributed by atoms with van der Waals surface area (Å²) in [4.78, 5) is 35.6. The van der Waals surface area contributed by atoms with Crippen LogP contribution in [0.2, 0.25) is 0 Å². The van der Waals surface area contributed by atoms with Gasteiger partial charge in [-0.2, -0.15) is 0 Å². The highest BCUT2D eigenvalue weighted by Crippen LogP contribution is 2.46. The highest BCUT2D eigenvalue weighted by molar-refractivity contribution is 6.01. The number of carbonyl (C=O) groups excluding carboxylic acids is 2. The van der Waals surface area contributed by atoms with Crippen LogP contribution < -0.4 is 15.2 Å². The fourth-order valence-corrected chi connectivity index (χ4v) is 5.99. The molecule has 3 heterocycles. The molecular formula is C34H34FN3O5. The van der Waals surface area contributed by atoms with E-state index in [-0.39, 0.29) is 30.9 Å². The third-order valence-electron chi connectivity index (χ3n) is 8.83. The number of methoxy groups -OCH3 is 1. The van der Waals surface area contributed by atoms with Crippen molar-refractivity contribution in [2.24, 2.45) is 5.73 Å². The largest absolute Gasteiger partial charge is 0.494 e. The van der Waals surface area contributed by atoms with Gasteiger partial charge in [0.25, 0.3) is 0 Å². The Morgan fingerprint density at radius 1 is 1.12 bits per heavy atom. The van der Waals surface area contributed by atoms with Crippen molar-refractivity contribution in [3.8, 4) is 22.8 Å². The van der Waals surface area contributed by atoms with Gasteiger partial charge in [-0.15, -0.1) is 0 Å². The number of halogens is 1. The van der Waals surface area contributed by atoms with Gasteiger partial charge in [-0.3, -0.25) is 9.59 Å². The van der Waals surface area contributed by atoms with Gasteiger partial charge in [0.05, 0.1) is 12.8 Å². The van der Waals surface area contributed by atoms with Crippen LogP contribution in [0.3, 0.4) is 0 Å². The third-order valence-corrected chi connectivity index (χ3v) is 8.83. The van der Waals surface area contributed by atoms with Crippen molar-refractivity contribution in [1.82, 2.24) is 9.97 Å². The molecule has 0 radical (unpaired) electrons. The number of aliphatic hydroxyl groups is 1. The highest BCUT2D eigenvalue weighted by atomic mass is 19.1. The number of hydrogen-bond donors (Lipinski definition) is 2. The summed E-state index contributed by atoms with van der Waals surface area (Å²) < 4.78 is 25.2. The number of carbonyl (C=O) groups is 2. The summed E-state index contributed by atoms with van der Waals surface area (Å²) in [6.45, 7) is 3.27. The Kier molecular flexibility index (Phi) is 7.16. The topological polar surface area (TPSA) is 125 Å². The molecule has 4 aromatic rings. The summed E-state index contributed by atoms with van der Waals surface area (Å²) in [6, 6.07) is 13.0. The molecule has 2 aliphatic rings. The highest BCUT2D eigenvalue weighted by Gasteiger charge is 2.45. The van der Waals surface area contributed by atoms with Crippen LogP contribution in [0.25, 0.3) is 22.2 Å². The number of aryl methyl sites for hydroxylation is 2. The molecule has 0 saturated heterocycles. The molecule has 0 unspecified atom stereocenters. The van der Waals surface area contributed by atoms with Crippen LogP contribution in [0.1, 0.15) is 72.4 Å². The van der Waals surface area contributed by atoms with Crippen LogP contribution in [0.4, 0.5) is 4.39 Å². The number of rotatable bonds is 8. The molecule has 1 amide bonds. The molecule has 1 aliphatic carbocycles. The summed E-state index contributed by atoms with van der Waals surface area (Å²) in [6.07, 6.45) is 4.22. The van der Waals surface area contributed by atoms with E-state index in [1.54, 1.807) is 45.2 Å². The van der Waals surface area contributed by atoms with Gasteiger partial charge in [0, 0.05) is 34.2 Å². The number of benzene rings is 2. The number of pyridine rings is 2. The molecule has 0 fully saturated rings. The SMILES string of the molecule is COc1cc(C(=O)CC[C@](C)(O)c2cc3c(c(-c4ccc(F)cc4)n2)OC[C@]3(C)C(N)=O)cc2cc3c(nc12)CCCC3. The molecule has 0 bridgehead atoms. The van der Waals surface area contributed by atoms with Crippen LogP contribution in [0, 0.1) is 5.82 Å². The van der Waals surface area contributed by atoms with Crippen molar-refractivity contribution in [3.05, 3.63) is 82.4 Å². The maximum absolute atomic E-state index is 13.7. The van der Waals surface area contributed by atoms with E-state index in [4.69, 9.17) is 25.2 Å². The second-order valence-corrected chi connectivity index (χ2v) is 12.0. The van der Waals surface area contributed by atoms with E-state index in [1.807, 2.05) is 6.07 Å². The molecule has 0 spiro atoms. The minimum atomic E-state index is -1.55. The summed E-state index contributed by atoms with van der Waals surface area (Å²) in [5, 5.41) is 12.5. The summed E-state index contributed by atoms with van der Waals surface area (Å²) in [7, 11) is 1.57. The van der Waals surface area contributed by atoms with E-state index in [2.05, 4.69) is 6.07 Å². The molecule has 222 valence electrons. The number of hydrogen-bond acceptors (Lipinski definition) is 7. The van der Waals surface area contributed by atoms with Gasteiger partial charge in [-0.05, 0) is 100 Å². The number of amides is 1.